The Morgan fingerprint density at radius 1 is 0.929 bits per heavy atom. The predicted octanol–water partition coefficient (Wildman–Crippen LogP) is 2.16. The molecule has 0 radical (unpaired) electrons. The summed E-state index contributed by atoms with van der Waals surface area (Å²) in [6, 6.07) is 17.2. The molecule has 2 amide bonds. The maximum atomic E-state index is 12.7. The molecule has 6 nitrogen and oxygen atoms in total. The van der Waals surface area contributed by atoms with Gasteiger partial charge < -0.3 is 19.9 Å². The lowest BCUT2D eigenvalue weighted by atomic mass is 10.1. The van der Waals surface area contributed by atoms with E-state index in [-0.39, 0.29) is 11.8 Å². The molecule has 1 heterocycles. The first-order valence-corrected chi connectivity index (χ1v) is 9.66. The Labute approximate surface area is 166 Å². The number of nitrogens with one attached hydrogen (secondary N) is 1. The Morgan fingerprint density at radius 3 is 2.21 bits per heavy atom. The van der Waals surface area contributed by atoms with Crippen LogP contribution in [0.25, 0.3) is 0 Å². The Kier molecular flexibility index (Phi) is 7.03. The predicted molar refractivity (Wildman–Crippen MR) is 108 cm³/mol. The van der Waals surface area contributed by atoms with Crippen LogP contribution in [0.4, 0.5) is 0 Å². The second-order valence-corrected chi connectivity index (χ2v) is 6.83. The van der Waals surface area contributed by atoms with Crippen LogP contribution in [0.2, 0.25) is 0 Å². The SMILES string of the molecule is CNCCC(=O)N1CCN(C(=O)c2ccc(OCc3ccccc3)cc2)CC1. The molecule has 2 aromatic rings. The molecule has 1 saturated heterocycles. The van der Waals surface area contributed by atoms with Gasteiger partial charge in [-0.2, -0.15) is 0 Å². The van der Waals surface area contributed by atoms with Crippen LogP contribution < -0.4 is 10.1 Å². The van der Waals surface area contributed by atoms with Crippen LogP contribution in [0.15, 0.2) is 54.6 Å². The summed E-state index contributed by atoms with van der Waals surface area (Å²) in [6.07, 6.45) is 0.495. The van der Waals surface area contributed by atoms with Gasteiger partial charge in [-0.25, -0.2) is 0 Å². The number of nitrogens with zero attached hydrogens (tertiary/aromatic N) is 2. The van der Waals surface area contributed by atoms with Crippen molar-refractivity contribution in [2.24, 2.45) is 0 Å². The van der Waals surface area contributed by atoms with Gasteiger partial charge in [0.15, 0.2) is 0 Å². The lowest BCUT2D eigenvalue weighted by Gasteiger charge is -2.35. The van der Waals surface area contributed by atoms with Crippen molar-refractivity contribution in [3.63, 3.8) is 0 Å². The van der Waals surface area contributed by atoms with E-state index in [1.54, 1.807) is 12.1 Å². The molecule has 0 saturated carbocycles. The Hall–Kier alpha value is -2.86. The van der Waals surface area contributed by atoms with Gasteiger partial charge in [0.1, 0.15) is 12.4 Å². The van der Waals surface area contributed by atoms with Crippen molar-refractivity contribution in [2.45, 2.75) is 13.0 Å². The minimum absolute atomic E-state index is 0.00284. The fourth-order valence-electron chi connectivity index (χ4n) is 3.17. The summed E-state index contributed by atoms with van der Waals surface area (Å²) in [6.45, 7) is 3.49. The number of ether oxygens (including phenoxy) is 1. The molecular weight excluding hydrogens is 354 g/mol. The summed E-state index contributed by atoms with van der Waals surface area (Å²) < 4.78 is 5.77. The standard InChI is InChI=1S/C22H27N3O3/c1-23-12-11-21(26)24-13-15-25(16-14-24)22(27)19-7-9-20(10-8-19)28-17-18-5-3-2-4-6-18/h2-10,23H,11-17H2,1H3. The van der Waals surface area contributed by atoms with Gasteiger partial charge in [0.25, 0.3) is 5.91 Å². The summed E-state index contributed by atoms with van der Waals surface area (Å²) in [7, 11) is 1.84. The van der Waals surface area contributed by atoms with E-state index in [1.165, 1.54) is 0 Å². The van der Waals surface area contributed by atoms with Gasteiger partial charge in [-0.3, -0.25) is 9.59 Å². The molecule has 0 aromatic heterocycles. The Morgan fingerprint density at radius 2 is 1.57 bits per heavy atom. The van der Waals surface area contributed by atoms with Crippen LogP contribution >= 0.6 is 0 Å². The molecule has 0 atom stereocenters. The molecule has 1 N–H and O–H groups in total. The molecule has 28 heavy (non-hydrogen) atoms. The van der Waals surface area contributed by atoms with E-state index in [9.17, 15) is 9.59 Å². The first-order chi connectivity index (χ1) is 13.7. The number of amides is 2. The van der Waals surface area contributed by atoms with Crippen molar-refractivity contribution >= 4 is 11.8 Å². The van der Waals surface area contributed by atoms with E-state index in [0.29, 0.717) is 51.3 Å². The summed E-state index contributed by atoms with van der Waals surface area (Å²) in [4.78, 5) is 28.4. The molecule has 3 rings (SSSR count). The number of hydrogen-bond acceptors (Lipinski definition) is 4. The zero-order valence-corrected chi connectivity index (χ0v) is 16.3. The normalized spacial score (nSPS) is 14.0. The quantitative estimate of drug-likeness (QED) is 0.798. The number of rotatable bonds is 7. The highest BCUT2D eigenvalue weighted by Crippen LogP contribution is 2.16. The minimum atomic E-state index is -0.00284. The van der Waals surface area contributed by atoms with E-state index in [0.717, 1.165) is 11.3 Å². The van der Waals surface area contributed by atoms with Crippen LogP contribution in [0.1, 0.15) is 22.3 Å². The van der Waals surface area contributed by atoms with Crippen LogP contribution in [0.3, 0.4) is 0 Å². The maximum absolute atomic E-state index is 12.7. The van der Waals surface area contributed by atoms with E-state index >= 15 is 0 Å². The summed E-state index contributed by atoms with van der Waals surface area (Å²) >= 11 is 0. The lowest BCUT2D eigenvalue weighted by molar-refractivity contribution is -0.132. The Bertz CT molecular complexity index is 769. The summed E-state index contributed by atoms with van der Waals surface area (Å²) in [5.41, 5.74) is 1.74. The molecule has 2 aromatic carbocycles. The average molecular weight is 381 g/mol. The minimum Gasteiger partial charge on any atom is -0.489 e. The van der Waals surface area contributed by atoms with E-state index in [2.05, 4.69) is 5.32 Å². The molecule has 6 heteroatoms. The third kappa shape index (κ3) is 5.33. The van der Waals surface area contributed by atoms with Crippen molar-refractivity contribution in [3.05, 3.63) is 65.7 Å². The number of carbonyl (C=O) groups is 2. The molecule has 1 fully saturated rings. The first kappa shape index (κ1) is 19.9. The van der Waals surface area contributed by atoms with Crippen molar-refractivity contribution in [3.8, 4) is 5.75 Å². The highest BCUT2D eigenvalue weighted by Gasteiger charge is 2.24. The molecule has 0 unspecified atom stereocenters. The van der Waals surface area contributed by atoms with Crippen LogP contribution in [0, 0.1) is 0 Å². The van der Waals surface area contributed by atoms with E-state index in [4.69, 9.17) is 4.74 Å². The van der Waals surface area contributed by atoms with Gasteiger partial charge in [0, 0.05) is 44.7 Å². The number of hydrogen-bond donors (Lipinski definition) is 1. The van der Waals surface area contributed by atoms with Crippen LogP contribution in [-0.4, -0.2) is 61.4 Å². The van der Waals surface area contributed by atoms with Crippen molar-refractivity contribution in [1.29, 1.82) is 0 Å². The largest absolute Gasteiger partial charge is 0.489 e. The van der Waals surface area contributed by atoms with Crippen LogP contribution in [0.5, 0.6) is 5.75 Å². The maximum Gasteiger partial charge on any atom is 0.253 e. The average Bonchev–Trinajstić information content (AvgIpc) is 2.76. The summed E-state index contributed by atoms with van der Waals surface area (Å²) in [5, 5.41) is 2.99. The zero-order valence-electron chi connectivity index (χ0n) is 16.3. The molecule has 148 valence electrons. The molecule has 1 aliphatic heterocycles. The second kappa shape index (κ2) is 9.90. The number of benzene rings is 2. The highest BCUT2D eigenvalue weighted by molar-refractivity contribution is 5.94. The second-order valence-electron chi connectivity index (χ2n) is 6.83. The smallest absolute Gasteiger partial charge is 0.253 e. The van der Waals surface area contributed by atoms with Crippen molar-refractivity contribution < 1.29 is 14.3 Å². The van der Waals surface area contributed by atoms with Gasteiger partial charge in [-0.1, -0.05) is 30.3 Å². The molecule has 0 aliphatic carbocycles. The molecule has 1 aliphatic rings. The molecule has 0 spiro atoms. The molecule has 0 bridgehead atoms. The van der Waals surface area contributed by atoms with Crippen molar-refractivity contribution in [1.82, 2.24) is 15.1 Å². The third-order valence-electron chi connectivity index (χ3n) is 4.86. The van der Waals surface area contributed by atoms with Gasteiger partial charge in [0.2, 0.25) is 5.91 Å². The van der Waals surface area contributed by atoms with E-state index in [1.807, 2.05) is 59.3 Å². The van der Waals surface area contributed by atoms with E-state index < -0.39 is 0 Å². The van der Waals surface area contributed by atoms with Gasteiger partial charge in [-0.05, 0) is 36.9 Å². The highest BCUT2D eigenvalue weighted by atomic mass is 16.5. The lowest BCUT2D eigenvalue weighted by Crippen LogP contribution is -2.50. The first-order valence-electron chi connectivity index (χ1n) is 9.66. The third-order valence-corrected chi connectivity index (χ3v) is 4.86. The topological polar surface area (TPSA) is 61.9 Å². The van der Waals surface area contributed by atoms with Gasteiger partial charge in [-0.15, -0.1) is 0 Å². The number of carbonyl (C=O) groups excluding carboxylic acids is 2. The van der Waals surface area contributed by atoms with Gasteiger partial charge >= 0.3 is 0 Å². The van der Waals surface area contributed by atoms with Crippen molar-refractivity contribution in [2.75, 3.05) is 39.8 Å². The molecular formula is C22H27N3O3. The fourth-order valence-corrected chi connectivity index (χ4v) is 3.17. The Balaban J connectivity index is 1.49. The summed E-state index contributed by atoms with van der Waals surface area (Å²) in [5.74, 6) is 0.874. The van der Waals surface area contributed by atoms with Crippen LogP contribution in [-0.2, 0) is 11.4 Å². The van der Waals surface area contributed by atoms with Gasteiger partial charge in [0.05, 0.1) is 0 Å². The zero-order chi connectivity index (χ0) is 19.8. The monoisotopic (exact) mass is 381 g/mol. The fraction of sp³-hybridized carbons (Fsp3) is 0.364. The number of piperazine rings is 1.